The predicted molar refractivity (Wildman–Crippen MR) is 65.4 cm³/mol. The smallest absolute Gasteiger partial charge is 0.142 e. The molecule has 0 aliphatic heterocycles. The van der Waals surface area contributed by atoms with Crippen molar-refractivity contribution in [2.24, 2.45) is 0 Å². The second-order valence-corrected chi connectivity index (χ2v) is 3.54. The van der Waals surface area contributed by atoms with Gasteiger partial charge in [0.25, 0.3) is 0 Å². The van der Waals surface area contributed by atoms with Gasteiger partial charge in [-0.25, -0.2) is 4.98 Å². The average molecular weight is 224 g/mol. The van der Waals surface area contributed by atoms with E-state index in [2.05, 4.69) is 15.3 Å². The van der Waals surface area contributed by atoms with E-state index in [1.807, 2.05) is 30.3 Å². The largest absolute Gasteiger partial charge is 0.385 e. The Morgan fingerprint density at radius 2 is 2.12 bits per heavy atom. The summed E-state index contributed by atoms with van der Waals surface area (Å²) in [5.74, 6) is 0. The summed E-state index contributed by atoms with van der Waals surface area (Å²) in [6, 6.07) is 11.5. The molecular formula is C13H12N4. The minimum absolute atomic E-state index is 0.424. The Kier molecular flexibility index (Phi) is 3.66. The van der Waals surface area contributed by atoms with Crippen LogP contribution in [0.5, 0.6) is 0 Å². The molecule has 2 rings (SSSR count). The van der Waals surface area contributed by atoms with Gasteiger partial charge in [0.2, 0.25) is 0 Å². The highest BCUT2D eigenvalue weighted by molar-refractivity contribution is 5.45. The van der Waals surface area contributed by atoms with Crippen LogP contribution in [0.25, 0.3) is 0 Å². The van der Waals surface area contributed by atoms with Gasteiger partial charge in [0.15, 0.2) is 0 Å². The summed E-state index contributed by atoms with van der Waals surface area (Å²) in [6.07, 6.45) is 4.27. The lowest BCUT2D eigenvalue weighted by Crippen LogP contribution is -2.06. The van der Waals surface area contributed by atoms with Crippen LogP contribution in [0.1, 0.15) is 11.4 Å². The van der Waals surface area contributed by atoms with Crippen molar-refractivity contribution in [2.45, 2.75) is 6.42 Å². The van der Waals surface area contributed by atoms with Gasteiger partial charge in [-0.1, -0.05) is 6.07 Å². The molecule has 2 aromatic heterocycles. The Hall–Kier alpha value is -2.41. The number of rotatable bonds is 4. The summed E-state index contributed by atoms with van der Waals surface area (Å²) in [7, 11) is 0. The van der Waals surface area contributed by atoms with E-state index in [0.29, 0.717) is 5.69 Å². The van der Waals surface area contributed by atoms with Crippen LogP contribution < -0.4 is 5.32 Å². The molecule has 4 heteroatoms. The molecule has 0 saturated carbocycles. The second-order valence-electron chi connectivity index (χ2n) is 3.54. The topological polar surface area (TPSA) is 61.6 Å². The first-order valence-corrected chi connectivity index (χ1v) is 5.38. The lowest BCUT2D eigenvalue weighted by Gasteiger charge is -2.05. The van der Waals surface area contributed by atoms with Crippen molar-refractivity contribution in [3.63, 3.8) is 0 Å². The molecule has 0 aliphatic rings. The van der Waals surface area contributed by atoms with E-state index in [-0.39, 0.29) is 0 Å². The highest BCUT2D eigenvalue weighted by atomic mass is 14.9. The zero-order valence-electron chi connectivity index (χ0n) is 9.30. The van der Waals surface area contributed by atoms with Crippen molar-refractivity contribution in [1.82, 2.24) is 9.97 Å². The molecule has 2 aromatic rings. The number of hydrogen-bond acceptors (Lipinski definition) is 4. The second kappa shape index (κ2) is 5.61. The van der Waals surface area contributed by atoms with Crippen LogP contribution in [0, 0.1) is 11.3 Å². The number of pyridine rings is 2. The number of nitrogens with one attached hydrogen (secondary N) is 1. The molecule has 0 bridgehead atoms. The Balaban J connectivity index is 1.88. The van der Waals surface area contributed by atoms with E-state index in [1.54, 1.807) is 18.5 Å². The minimum atomic E-state index is 0.424. The van der Waals surface area contributed by atoms with Crippen molar-refractivity contribution in [2.75, 3.05) is 11.9 Å². The van der Waals surface area contributed by atoms with Gasteiger partial charge >= 0.3 is 0 Å². The molecule has 0 radical (unpaired) electrons. The molecule has 1 N–H and O–H groups in total. The molecule has 84 valence electrons. The molecule has 0 aromatic carbocycles. The monoisotopic (exact) mass is 224 g/mol. The molecule has 2 heterocycles. The average Bonchev–Trinajstić information content (AvgIpc) is 2.40. The van der Waals surface area contributed by atoms with E-state index in [4.69, 9.17) is 5.26 Å². The van der Waals surface area contributed by atoms with Gasteiger partial charge in [0, 0.05) is 36.7 Å². The summed E-state index contributed by atoms with van der Waals surface area (Å²) in [4.78, 5) is 8.15. The van der Waals surface area contributed by atoms with Crippen LogP contribution >= 0.6 is 0 Å². The number of hydrogen-bond donors (Lipinski definition) is 1. The standard InChI is InChI=1S/C13H12N4/c14-10-13-9-12(5-8-17-13)16-7-4-11-3-1-2-6-15-11/h1-3,5-6,8-9H,4,7H2,(H,16,17). The van der Waals surface area contributed by atoms with E-state index in [9.17, 15) is 0 Å². The lowest BCUT2D eigenvalue weighted by molar-refractivity contribution is 0.960. The third-order valence-corrected chi connectivity index (χ3v) is 2.31. The molecule has 0 fully saturated rings. The van der Waals surface area contributed by atoms with E-state index in [1.165, 1.54) is 0 Å². The normalized spacial score (nSPS) is 9.59. The maximum Gasteiger partial charge on any atom is 0.142 e. The van der Waals surface area contributed by atoms with Gasteiger partial charge in [-0.3, -0.25) is 4.98 Å². The summed E-state index contributed by atoms with van der Waals surface area (Å²) in [5.41, 5.74) is 2.38. The maximum absolute atomic E-state index is 8.72. The Morgan fingerprint density at radius 3 is 2.88 bits per heavy atom. The fourth-order valence-corrected chi connectivity index (χ4v) is 1.48. The Morgan fingerprint density at radius 1 is 1.18 bits per heavy atom. The fraction of sp³-hybridized carbons (Fsp3) is 0.154. The highest BCUT2D eigenvalue weighted by Crippen LogP contribution is 2.07. The van der Waals surface area contributed by atoms with Crippen molar-refractivity contribution in [3.05, 3.63) is 54.1 Å². The Labute approximate surface area is 100.0 Å². The van der Waals surface area contributed by atoms with Crippen molar-refractivity contribution in [1.29, 1.82) is 5.26 Å². The van der Waals surface area contributed by atoms with Gasteiger partial charge < -0.3 is 5.32 Å². The molecule has 17 heavy (non-hydrogen) atoms. The van der Waals surface area contributed by atoms with E-state index in [0.717, 1.165) is 24.3 Å². The molecule has 4 nitrogen and oxygen atoms in total. The predicted octanol–water partition coefficient (Wildman–Crippen LogP) is 2.00. The summed E-state index contributed by atoms with van der Waals surface area (Å²) in [6.45, 7) is 0.784. The third kappa shape index (κ3) is 3.28. The maximum atomic E-state index is 8.72. The summed E-state index contributed by atoms with van der Waals surface area (Å²) < 4.78 is 0. The van der Waals surface area contributed by atoms with Crippen molar-refractivity contribution in [3.8, 4) is 6.07 Å². The minimum Gasteiger partial charge on any atom is -0.385 e. The highest BCUT2D eigenvalue weighted by Gasteiger charge is 1.96. The first kappa shape index (κ1) is 11.1. The molecule has 0 spiro atoms. The van der Waals surface area contributed by atoms with E-state index >= 15 is 0 Å². The van der Waals surface area contributed by atoms with Gasteiger partial charge in [-0.15, -0.1) is 0 Å². The SMILES string of the molecule is N#Cc1cc(NCCc2ccccn2)ccn1. The van der Waals surface area contributed by atoms with E-state index < -0.39 is 0 Å². The molecule has 0 saturated heterocycles. The van der Waals surface area contributed by atoms with Crippen LogP contribution in [-0.2, 0) is 6.42 Å². The first-order valence-electron chi connectivity index (χ1n) is 5.38. The van der Waals surface area contributed by atoms with Gasteiger partial charge in [0.05, 0.1) is 0 Å². The van der Waals surface area contributed by atoms with Crippen LogP contribution in [0.4, 0.5) is 5.69 Å². The number of nitriles is 1. The van der Waals surface area contributed by atoms with Gasteiger partial charge in [-0.05, 0) is 24.3 Å². The molecular weight excluding hydrogens is 212 g/mol. The van der Waals surface area contributed by atoms with Crippen molar-refractivity contribution < 1.29 is 0 Å². The molecule has 0 amide bonds. The van der Waals surface area contributed by atoms with Gasteiger partial charge in [-0.2, -0.15) is 5.26 Å². The van der Waals surface area contributed by atoms with Crippen LogP contribution in [0.15, 0.2) is 42.7 Å². The number of aromatic nitrogens is 2. The van der Waals surface area contributed by atoms with Crippen LogP contribution in [-0.4, -0.2) is 16.5 Å². The number of anilines is 1. The van der Waals surface area contributed by atoms with Crippen LogP contribution in [0.3, 0.4) is 0 Å². The lowest BCUT2D eigenvalue weighted by atomic mass is 10.2. The number of nitrogens with zero attached hydrogens (tertiary/aromatic N) is 3. The quantitative estimate of drug-likeness (QED) is 0.862. The van der Waals surface area contributed by atoms with Gasteiger partial charge in [0.1, 0.15) is 11.8 Å². The third-order valence-electron chi connectivity index (χ3n) is 2.31. The summed E-state index contributed by atoms with van der Waals surface area (Å²) in [5, 5.41) is 12.0. The molecule has 0 unspecified atom stereocenters. The fourth-order valence-electron chi connectivity index (χ4n) is 1.48. The summed E-state index contributed by atoms with van der Waals surface area (Å²) >= 11 is 0. The zero-order chi connectivity index (χ0) is 11.9. The first-order chi connectivity index (χ1) is 8.38. The zero-order valence-corrected chi connectivity index (χ0v) is 9.30. The van der Waals surface area contributed by atoms with Crippen LogP contribution in [0.2, 0.25) is 0 Å². The molecule has 0 aliphatic carbocycles. The molecule has 0 atom stereocenters. The van der Waals surface area contributed by atoms with Crippen molar-refractivity contribution >= 4 is 5.69 Å². The Bertz CT molecular complexity index is 516.